The number of nitrogens with one attached hydrogen (secondary N) is 1. The minimum absolute atomic E-state index is 0.0358. The van der Waals surface area contributed by atoms with Crippen LogP contribution in [0.25, 0.3) is 0 Å². The van der Waals surface area contributed by atoms with Crippen LogP contribution in [0.1, 0.15) is 73.6 Å². The Morgan fingerprint density at radius 2 is 1.60 bits per heavy atom. The Morgan fingerprint density at radius 1 is 0.971 bits per heavy atom. The van der Waals surface area contributed by atoms with Gasteiger partial charge in [0.25, 0.3) is 5.91 Å². The molecule has 10 nitrogen and oxygen atoms in total. The van der Waals surface area contributed by atoms with Crippen LogP contribution in [0.15, 0.2) is 0 Å². The van der Waals surface area contributed by atoms with Crippen LogP contribution in [0.4, 0.5) is 0 Å². The first kappa shape index (κ1) is 34.1. The van der Waals surface area contributed by atoms with Gasteiger partial charge in [0.05, 0.1) is 25.4 Å². The summed E-state index contributed by atoms with van der Waals surface area (Å²) in [6, 6.07) is 0. The van der Waals surface area contributed by atoms with Crippen molar-refractivity contribution in [2.45, 2.75) is 104 Å². The van der Waals surface area contributed by atoms with Crippen molar-refractivity contribution in [1.29, 1.82) is 0 Å². The molecule has 0 aromatic rings. The highest BCUT2D eigenvalue weighted by atomic mass is 16.5. The third kappa shape index (κ3) is 12.8. The fourth-order valence-electron chi connectivity index (χ4n) is 3.75. The molecule has 10 heteroatoms. The molecule has 0 bridgehead atoms. The average molecular weight is 509 g/mol. The van der Waals surface area contributed by atoms with E-state index in [1.807, 2.05) is 13.8 Å². The first-order chi connectivity index (χ1) is 16.2. The van der Waals surface area contributed by atoms with Crippen LogP contribution in [0.3, 0.4) is 0 Å². The number of ether oxygens (including phenoxy) is 2. The molecule has 0 saturated carbocycles. The fourth-order valence-corrected chi connectivity index (χ4v) is 3.75. The molecule has 0 saturated heterocycles. The van der Waals surface area contributed by atoms with Crippen LogP contribution in [-0.4, -0.2) is 101 Å². The van der Waals surface area contributed by atoms with Crippen molar-refractivity contribution in [3.8, 4) is 0 Å². The molecule has 5 unspecified atom stereocenters. The Hall–Kier alpha value is -0.850. The highest BCUT2D eigenvalue weighted by molar-refractivity contribution is 5.81. The van der Waals surface area contributed by atoms with E-state index >= 15 is 0 Å². The number of aliphatic hydroxyl groups is 5. The molecule has 0 heterocycles. The monoisotopic (exact) mass is 508 g/mol. The zero-order valence-electron chi connectivity index (χ0n) is 22.6. The van der Waals surface area contributed by atoms with Gasteiger partial charge in [-0.15, -0.1) is 0 Å². The van der Waals surface area contributed by atoms with E-state index in [9.17, 15) is 25.2 Å². The summed E-state index contributed by atoms with van der Waals surface area (Å²) in [5.41, 5.74) is 5.43. The van der Waals surface area contributed by atoms with Crippen molar-refractivity contribution in [3.05, 3.63) is 0 Å². The molecule has 0 aliphatic rings. The summed E-state index contributed by atoms with van der Waals surface area (Å²) < 4.78 is 12.1. The third-order valence-corrected chi connectivity index (χ3v) is 6.69. The van der Waals surface area contributed by atoms with E-state index in [-0.39, 0.29) is 17.4 Å². The molecule has 8 N–H and O–H groups in total. The summed E-state index contributed by atoms with van der Waals surface area (Å²) >= 11 is 0. The maximum Gasteiger partial charge on any atom is 0.251 e. The van der Waals surface area contributed by atoms with Crippen molar-refractivity contribution >= 4 is 5.91 Å². The molecule has 35 heavy (non-hydrogen) atoms. The number of nitrogens with two attached hydrogens (primary N) is 1. The number of hydrogen-bond donors (Lipinski definition) is 7. The summed E-state index contributed by atoms with van der Waals surface area (Å²) in [7, 11) is 0. The second kappa shape index (κ2) is 16.1. The lowest BCUT2D eigenvalue weighted by atomic mass is 9.81. The molecular formula is C25H52N2O8. The van der Waals surface area contributed by atoms with E-state index in [1.165, 1.54) is 0 Å². The van der Waals surface area contributed by atoms with Crippen LogP contribution in [-0.2, 0) is 14.3 Å². The molecule has 0 aromatic carbocycles. The molecule has 0 aromatic heterocycles. The predicted molar refractivity (Wildman–Crippen MR) is 135 cm³/mol. The lowest BCUT2D eigenvalue weighted by Gasteiger charge is -2.34. The van der Waals surface area contributed by atoms with E-state index in [4.69, 9.17) is 20.3 Å². The van der Waals surface area contributed by atoms with Crippen molar-refractivity contribution in [3.63, 3.8) is 0 Å². The molecule has 5 atom stereocenters. The number of amides is 1. The molecule has 0 spiro atoms. The van der Waals surface area contributed by atoms with E-state index in [0.717, 1.165) is 25.7 Å². The lowest BCUT2D eigenvalue weighted by Crippen LogP contribution is -2.52. The largest absolute Gasteiger partial charge is 0.394 e. The van der Waals surface area contributed by atoms with Crippen LogP contribution in [0, 0.1) is 10.8 Å². The van der Waals surface area contributed by atoms with Crippen molar-refractivity contribution in [1.82, 2.24) is 5.32 Å². The summed E-state index contributed by atoms with van der Waals surface area (Å²) in [5, 5.41) is 50.0. The molecule has 210 valence electrons. The van der Waals surface area contributed by atoms with Gasteiger partial charge >= 0.3 is 0 Å². The lowest BCUT2D eigenvalue weighted by molar-refractivity contribution is -0.149. The third-order valence-electron chi connectivity index (χ3n) is 6.69. The molecule has 0 radical (unpaired) electrons. The smallest absolute Gasteiger partial charge is 0.251 e. The van der Waals surface area contributed by atoms with Gasteiger partial charge in [-0.05, 0) is 44.9 Å². The van der Waals surface area contributed by atoms with Crippen molar-refractivity contribution in [2.24, 2.45) is 16.6 Å². The minimum atomic E-state index is -1.95. The number of rotatable bonds is 20. The molecule has 1 amide bonds. The highest BCUT2D eigenvalue weighted by Crippen LogP contribution is 2.29. The van der Waals surface area contributed by atoms with Gasteiger partial charge in [0.1, 0.15) is 18.3 Å². The number of aliphatic hydroxyl groups excluding tert-OH is 5. The first-order valence-electron chi connectivity index (χ1n) is 12.7. The first-order valence-corrected chi connectivity index (χ1v) is 12.7. The van der Waals surface area contributed by atoms with Crippen molar-refractivity contribution < 1.29 is 39.8 Å². The maximum absolute atomic E-state index is 12.0. The van der Waals surface area contributed by atoms with Gasteiger partial charge in [0, 0.05) is 25.1 Å². The van der Waals surface area contributed by atoms with Crippen LogP contribution >= 0.6 is 0 Å². The van der Waals surface area contributed by atoms with Gasteiger partial charge in [-0.2, -0.15) is 0 Å². The zero-order chi connectivity index (χ0) is 27.3. The van der Waals surface area contributed by atoms with E-state index in [2.05, 4.69) is 33.0 Å². The fraction of sp³-hybridized carbons (Fsp3) is 0.960. The van der Waals surface area contributed by atoms with E-state index in [1.54, 1.807) is 0 Å². The van der Waals surface area contributed by atoms with E-state index in [0.29, 0.717) is 32.8 Å². The Morgan fingerprint density at radius 3 is 2.11 bits per heavy atom. The zero-order valence-corrected chi connectivity index (χ0v) is 22.6. The second-order valence-corrected chi connectivity index (χ2v) is 11.0. The minimum Gasteiger partial charge on any atom is -0.394 e. The Kier molecular flexibility index (Phi) is 15.7. The Balaban J connectivity index is 4.43. The average Bonchev–Trinajstić information content (AvgIpc) is 2.80. The maximum atomic E-state index is 12.0. The number of carbonyl (C=O) groups excluding carboxylic acids is 1. The Labute approximate surface area is 211 Å². The molecule has 0 fully saturated rings. The number of hydrogen-bond acceptors (Lipinski definition) is 9. The summed E-state index contributed by atoms with van der Waals surface area (Å²) in [4.78, 5) is 12.0. The van der Waals surface area contributed by atoms with Gasteiger partial charge in [0.2, 0.25) is 0 Å². The van der Waals surface area contributed by atoms with Gasteiger partial charge in [-0.1, -0.05) is 34.1 Å². The summed E-state index contributed by atoms with van der Waals surface area (Å²) in [6.45, 7) is 14.1. The van der Waals surface area contributed by atoms with Crippen molar-refractivity contribution in [2.75, 3.05) is 39.5 Å². The SMILES string of the molecule is CCCC(CC)(CN)COCC(C)(C)CCOC(C)(C)CCNC(=O)C(O)C(O)C(O)C(O)CO. The normalized spacial score (nSPS) is 17.9. The predicted octanol–water partition coefficient (Wildman–Crippen LogP) is 0.312. The standard InChI is InChI=1S/C25H52N2O8/c1-7-9-25(8-2,15-26)17-34-16-23(3,4)11-13-35-24(5,6)10-12-27-22(33)21(32)20(31)19(30)18(29)14-28/h18-21,28-32H,7-17,26H2,1-6H3,(H,27,33). The molecule has 0 rings (SSSR count). The Bertz CT molecular complexity index is 584. The van der Waals surface area contributed by atoms with Gasteiger partial charge < -0.3 is 46.1 Å². The van der Waals surface area contributed by atoms with Gasteiger partial charge in [-0.25, -0.2) is 0 Å². The van der Waals surface area contributed by atoms with Gasteiger partial charge in [-0.3, -0.25) is 4.79 Å². The summed E-state index contributed by atoms with van der Waals surface area (Å²) in [6.07, 6.45) is -3.04. The summed E-state index contributed by atoms with van der Waals surface area (Å²) in [5.74, 6) is -0.889. The second-order valence-electron chi connectivity index (χ2n) is 11.0. The highest BCUT2D eigenvalue weighted by Gasteiger charge is 2.34. The number of carbonyl (C=O) groups is 1. The quantitative estimate of drug-likeness (QED) is 0.122. The van der Waals surface area contributed by atoms with Crippen LogP contribution < -0.4 is 11.1 Å². The van der Waals surface area contributed by atoms with Gasteiger partial charge in [0.15, 0.2) is 6.10 Å². The molecular weight excluding hydrogens is 456 g/mol. The van der Waals surface area contributed by atoms with Crippen LogP contribution in [0.5, 0.6) is 0 Å². The molecule has 0 aliphatic heterocycles. The topological polar surface area (TPSA) is 175 Å². The van der Waals surface area contributed by atoms with Crippen LogP contribution in [0.2, 0.25) is 0 Å². The van der Waals surface area contributed by atoms with E-state index < -0.39 is 42.5 Å². The molecule has 0 aliphatic carbocycles.